The Morgan fingerprint density at radius 2 is 2.06 bits per heavy atom. The van der Waals surface area contributed by atoms with E-state index in [-0.39, 0.29) is 0 Å². The summed E-state index contributed by atoms with van der Waals surface area (Å²) >= 11 is 0. The van der Waals surface area contributed by atoms with Gasteiger partial charge >= 0.3 is 0 Å². The number of fused-ring (bicyclic) bond motifs is 1. The Hall–Kier alpha value is -0.860. The lowest BCUT2D eigenvalue weighted by atomic mass is 9.94. The molecule has 3 rings (SSSR count). The number of likely N-dealkylation sites (tertiary alicyclic amines) is 1. The average molecular weight is 216 g/mol. The van der Waals surface area contributed by atoms with Gasteiger partial charge in [-0.15, -0.1) is 0 Å². The van der Waals surface area contributed by atoms with E-state index >= 15 is 0 Å². The molecule has 2 saturated heterocycles. The molecule has 1 N–H and O–H groups in total. The maximum Gasteiger partial charge on any atom is 0.0235 e. The molecular formula is C14H20N2. The Labute approximate surface area is 97.6 Å². The first-order valence-electron chi connectivity index (χ1n) is 6.41. The van der Waals surface area contributed by atoms with Gasteiger partial charge in [0.05, 0.1) is 0 Å². The van der Waals surface area contributed by atoms with Gasteiger partial charge in [-0.1, -0.05) is 30.3 Å². The molecular weight excluding hydrogens is 196 g/mol. The van der Waals surface area contributed by atoms with E-state index < -0.39 is 0 Å². The van der Waals surface area contributed by atoms with E-state index in [9.17, 15) is 0 Å². The van der Waals surface area contributed by atoms with Crippen molar-refractivity contribution in [1.82, 2.24) is 10.2 Å². The van der Waals surface area contributed by atoms with Crippen molar-refractivity contribution in [1.29, 1.82) is 0 Å². The quantitative estimate of drug-likeness (QED) is 0.812. The fraction of sp³-hybridized carbons (Fsp3) is 0.571. The predicted molar refractivity (Wildman–Crippen MR) is 66.2 cm³/mol. The van der Waals surface area contributed by atoms with E-state index in [4.69, 9.17) is 0 Å². The Bertz CT molecular complexity index is 322. The SMILES string of the molecule is c1ccc(CN2CC3NCCC[C@H]3C2)cc1. The molecule has 2 aliphatic rings. The summed E-state index contributed by atoms with van der Waals surface area (Å²) in [6, 6.07) is 11.6. The largest absolute Gasteiger partial charge is 0.312 e. The van der Waals surface area contributed by atoms with Crippen LogP contribution in [0.3, 0.4) is 0 Å². The molecule has 0 aromatic heterocycles. The molecule has 1 unspecified atom stereocenters. The van der Waals surface area contributed by atoms with Crippen molar-refractivity contribution in [2.45, 2.75) is 25.4 Å². The maximum atomic E-state index is 3.66. The van der Waals surface area contributed by atoms with Crippen molar-refractivity contribution in [3.05, 3.63) is 35.9 Å². The first-order chi connectivity index (χ1) is 7.92. The molecule has 16 heavy (non-hydrogen) atoms. The second-order valence-corrected chi connectivity index (χ2v) is 5.14. The third-order valence-corrected chi connectivity index (χ3v) is 3.92. The number of benzene rings is 1. The van der Waals surface area contributed by atoms with Crippen LogP contribution in [0.4, 0.5) is 0 Å². The summed E-state index contributed by atoms with van der Waals surface area (Å²) in [6.07, 6.45) is 2.78. The number of hydrogen-bond donors (Lipinski definition) is 1. The summed E-state index contributed by atoms with van der Waals surface area (Å²) in [5.74, 6) is 0.900. The van der Waals surface area contributed by atoms with Crippen molar-refractivity contribution in [3.8, 4) is 0 Å². The molecule has 0 spiro atoms. The lowest BCUT2D eigenvalue weighted by Gasteiger charge is -2.24. The molecule has 2 heterocycles. The molecule has 2 fully saturated rings. The summed E-state index contributed by atoms with van der Waals surface area (Å²) in [5, 5.41) is 3.66. The molecule has 2 aliphatic heterocycles. The molecule has 2 heteroatoms. The molecule has 2 atom stereocenters. The number of rotatable bonds is 2. The summed E-state index contributed by atoms with van der Waals surface area (Å²) in [5.41, 5.74) is 1.45. The fourth-order valence-corrected chi connectivity index (χ4v) is 3.11. The van der Waals surface area contributed by atoms with E-state index in [0.29, 0.717) is 0 Å². The normalized spacial score (nSPS) is 30.2. The lowest BCUT2D eigenvalue weighted by Crippen LogP contribution is -2.40. The van der Waals surface area contributed by atoms with Crippen LogP contribution in [0, 0.1) is 5.92 Å². The molecule has 86 valence electrons. The maximum absolute atomic E-state index is 3.66. The Morgan fingerprint density at radius 1 is 1.19 bits per heavy atom. The van der Waals surface area contributed by atoms with E-state index in [0.717, 1.165) is 18.5 Å². The highest BCUT2D eigenvalue weighted by atomic mass is 15.2. The van der Waals surface area contributed by atoms with Crippen molar-refractivity contribution in [3.63, 3.8) is 0 Å². The second kappa shape index (κ2) is 4.56. The van der Waals surface area contributed by atoms with Gasteiger partial charge in [0.2, 0.25) is 0 Å². The molecule has 0 radical (unpaired) electrons. The molecule has 1 aromatic carbocycles. The monoisotopic (exact) mass is 216 g/mol. The Kier molecular flexibility index (Phi) is 2.94. The minimum absolute atomic E-state index is 0.762. The van der Waals surface area contributed by atoms with E-state index in [1.54, 1.807) is 0 Å². The second-order valence-electron chi connectivity index (χ2n) is 5.14. The third-order valence-electron chi connectivity index (χ3n) is 3.92. The zero-order valence-corrected chi connectivity index (χ0v) is 9.73. The number of nitrogens with one attached hydrogen (secondary N) is 1. The minimum Gasteiger partial charge on any atom is -0.312 e. The highest BCUT2D eigenvalue weighted by Gasteiger charge is 2.33. The predicted octanol–water partition coefficient (Wildman–Crippen LogP) is 1.87. The standard InChI is InChI=1S/C14H20N2/c1-2-5-12(6-3-1)9-16-10-13-7-4-8-15-14(13)11-16/h1-3,5-6,13-15H,4,7-11H2/t13-,14?/m0/s1. The summed E-state index contributed by atoms with van der Waals surface area (Å²) in [7, 11) is 0. The summed E-state index contributed by atoms with van der Waals surface area (Å²) in [4.78, 5) is 2.60. The first kappa shape index (κ1) is 10.3. The van der Waals surface area contributed by atoms with Crippen molar-refractivity contribution < 1.29 is 0 Å². The van der Waals surface area contributed by atoms with Crippen LogP contribution < -0.4 is 5.32 Å². The number of nitrogens with zero attached hydrogens (tertiary/aromatic N) is 1. The van der Waals surface area contributed by atoms with Gasteiger partial charge in [-0.25, -0.2) is 0 Å². The van der Waals surface area contributed by atoms with Crippen LogP contribution >= 0.6 is 0 Å². The van der Waals surface area contributed by atoms with Crippen molar-refractivity contribution in [2.75, 3.05) is 19.6 Å². The zero-order chi connectivity index (χ0) is 10.8. The number of piperidine rings is 1. The van der Waals surface area contributed by atoms with Gasteiger partial charge in [-0.05, 0) is 30.9 Å². The van der Waals surface area contributed by atoms with Crippen LogP contribution in [-0.4, -0.2) is 30.6 Å². The van der Waals surface area contributed by atoms with E-state index in [1.807, 2.05) is 0 Å². The molecule has 0 aliphatic carbocycles. The van der Waals surface area contributed by atoms with Crippen molar-refractivity contribution in [2.24, 2.45) is 5.92 Å². The highest BCUT2D eigenvalue weighted by Crippen LogP contribution is 2.25. The van der Waals surface area contributed by atoms with Gasteiger partial charge in [0.15, 0.2) is 0 Å². The van der Waals surface area contributed by atoms with E-state index in [1.165, 1.54) is 38.0 Å². The highest BCUT2D eigenvalue weighted by molar-refractivity contribution is 5.15. The third kappa shape index (κ3) is 2.13. The van der Waals surface area contributed by atoms with Crippen LogP contribution in [0.25, 0.3) is 0 Å². The summed E-state index contributed by atoms with van der Waals surface area (Å²) < 4.78 is 0. The van der Waals surface area contributed by atoms with Gasteiger partial charge in [-0.3, -0.25) is 4.90 Å². The molecule has 1 aromatic rings. The fourth-order valence-electron chi connectivity index (χ4n) is 3.11. The van der Waals surface area contributed by atoms with Gasteiger partial charge in [-0.2, -0.15) is 0 Å². The van der Waals surface area contributed by atoms with Gasteiger partial charge < -0.3 is 5.32 Å². The van der Waals surface area contributed by atoms with E-state index in [2.05, 4.69) is 40.5 Å². The molecule has 0 bridgehead atoms. The average Bonchev–Trinajstić information content (AvgIpc) is 2.72. The molecule has 2 nitrogen and oxygen atoms in total. The van der Waals surface area contributed by atoms with Gasteiger partial charge in [0, 0.05) is 25.7 Å². The smallest absolute Gasteiger partial charge is 0.0235 e. The van der Waals surface area contributed by atoms with Crippen LogP contribution in [0.15, 0.2) is 30.3 Å². The Balaban J connectivity index is 1.61. The van der Waals surface area contributed by atoms with Gasteiger partial charge in [0.25, 0.3) is 0 Å². The van der Waals surface area contributed by atoms with Crippen LogP contribution in [-0.2, 0) is 6.54 Å². The van der Waals surface area contributed by atoms with Crippen LogP contribution in [0.5, 0.6) is 0 Å². The Morgan fingerprint density at radius 3 is 2.88 bits per heavy atom. The number of hydrogen-bond acceptors (Lipinski definition) is 2. The minimum atomic E-state index is 0.762. The lowest BCUT2D eigenvalue weighted by molar-refractivity contribution is 0.312. The zero-order valence-electron chi connectivity index (χ0n) is 9.73. The topological polar surface area (TPSA) is 15.3 Å². The first-order valence-corrected chi connectivity index (χ1v) is 6.41. The molecule has 0 saturated carbocycles. The van der Waals surface area contributed by atoms with Crippen LogP contribution in [0.2, 0.25) is 0 Å². The molecule has 0 amide bonds. The van der Waals surface area contributed by atoms with Crippen LogP contribution in [0.1, 0.15) is 18.4 Å². The van der Waals surface area contributed by atoms with Gasteiger partial charge in [0.1, 0.15) is 0 Å². The summed E-state index contributed by atoms with van der Waals surface area (Å²) in [6.45, 7) is 4.86. The van der Waals surface area contributed by atoms with Crippen molar-refractivity contribution >= 4 is 0 Å².